The first kappa shape index (κ1) is 15.0. The van der Waals surface area contributed by atoms with Crippen LogP contribution in [0.15, 0.2) is 40.2 Å². The van der Waals surface area contributed by atoms with Gasteiger partial charge in [-0.3, -0.25) is 0 Å². The van der Waals surface area contributed by atoms with Crippen molar-refractivity contribution in [2.45, 2.75) is 31.7 Å². The highest BCUT2D eigenvalue weighted by Gasteiger charge is 2.40. The van der Waals surface area contributed by atoms with Gasteiger partial charge in [0.2, 0.25) is 0 Å². The van der Waals surface area contributed by atoms with Crippen molar-refractivity contribution in [3.63, 3.8) is 0 Å². The van der Waals surface area contributed by atoms with Gasteiger partial charge in [-0.15, -0.1) is 11.8 Å². The van der Waals surface area contributed by atoms with Gasteiger partial charge in [0.05, 0.1) is 17.2 Å². The summed E-state index contributed by atoms with van der Waals surface area (Å²) >= 11 is 1.76. The average molecular weight is 298 g/mol. The number of aliphatic imine (C=N–C) groups is 1. The Labute approximate surface area is 132 Å². The van der Waals surface area contributed by atoms with Gasteiger partial charge in [-0.25, -0.2) is 4.99 Å². The Hall–Kier alpha value is -0.960. The SMILES string of the molecule is CC(C)(C)[C@H]1COC([C]2[CH][CH][CH][C]2Sc2ccccc2)=N1. The predicted molar refractivity (Wildman–Crippen MR) is 88.3 cm³/mol. The fourth-order valence-corrected chi connectivity index (χ4v) is 3.21. The first-order valence-electron chi connectivity index (χ1n) is 7.23. The largest absolute Gasteiger partial charge is 0.478 e. The highest BCUT2D eigenvalue weighted by Crippen LogP contribution is 2.46. The van der Waals surface area contributed by atoms with Crippen LogP contribution in [0.2, 0.25) is 0 Å². The molecule has 0 N–H and O–H groups in total. The van der Waals surface area contributed by atoms with E-state index >= 15 is 0 Å². The lowest BCUT2D eigenvalue weighted by Crippen LogP contribution is -2.25. The van der Waals surface area contributed by atoms with Crippen LogP contribution in [0.3, 0.4) is 0 Å². The minimum Gasteiger partial charge on any atom is -0.478 e. The number of rotatable bonds is 3. The molecular weight excluding hydrogens is 278 g/mol. The molecule has 3 heteroatoms. The summed E-state index contributed by atoms with van der Waals surface area (Å²) in [7, 11) is 0. The third kappa shape index (κ3) is 3.45. The number of ether oxygens (including phenoxy) is 1. The molecule has 1 aliphatic heterocycles. The van der Waals surface area contributed by atoms with Crippen molar-refractivity contribution in [2.24, 2.45) is 10.4 Å². The molecule has 109 valence electrons. The van der Waals surface area contributed by atoms with Crippen molar-refractivity contribution in [1.82, 2.24) is 0 Å². The summed E-state index contributed by atoms with van der Waals surface area (Å²) in [5.41, 5.74) is 0.140. The molecule has 1 aromatic rings. The highest BCUT2D eigenvalue weighted by molar-refractivity contribution is 8.02. The van der Waals surface area contributed by atoms with Crippen molar-refractivity contribution in [3.05, 3.63) is 60.8 Å². The topological polar surface area (TPSA) is 21.6 Å². The second-order valence-corrected chi connectivity index (χ2v) is 7.46. The standard InChI is InChI=1S/C18H20NOS/c1-18(2,3)16-12-20-17(19-16)14-10-7-11-15(14)21-13-8-5-4-6-9-13/h4-11,16H,12H2,1-3H3/t16-/m1/s1. The van der Waals surface area contributed by atoms with E-state index in [0.29, 0.717) is 6.61 Å². The number of benzene rings is 1. The van der Waals surface area contributed by atoms with E-state index < -0.39 is 0 Å². The van der Waals surface area contributed by atoms with Crippen LogP contribution in [0.1, 0.15) is 20.8 Å². The molecule has 21 heavy (non-hydrogen) atoms. The molecule has 2 aliphatic rings. The summed E-state index contributed by atoms with van der Waals surface area (Å²) in [6.45, 7) is 7.30. The summed E-state index contributed by atoms with van der Waals surface area (Å²) in [6.07, 6.45) is 6.29. The number of hydrogen-bond donors (Lipinski definition) is 0. The number of nitrogens with zero attached hydrogens (tertiary/aromatic N) is 1. The molecule has 0 unspecified atom stereocenters. The molecule has 1 aliphatic carbocycles. The second kappa shape index (κ2) is 6.04. The van der Waals surface area contributed by atoms with E-state index in [4.69, 9.17) is 9.73 Å². The van der Waals surface area contributed by atoms with E-state index in [9.17, 15) is 0 Å². The first-order valence-corrected chi connectivity index (χ1v) is 8.05. The van der Waals surface area contributed by atoms with Gasteiger partial charge in [-0.2, -0.15) is 0 Å². The van der Waals surface area contributed by atoms with E-state index in [1.165, 1.54) is 10.1 Å². The Kier molecular flexibility index (Phi) is 4.30. The molecule has 1 fully saturated rings. The maximum Gasteiger partial charge on any atom is 0.193 e. The fraction of sp³-hybridized carbons (Fsp3) is 0.333. The summed E-state index contributed by atoms with van der Waals surface area (Å²) in [5.74, 6) is 1.90. The Bertz CT molecular complexity index is 506. The molecule has 0 saturated heterocycles. The van der Waals surface area contributed by atoms with Gasteiger partial charge >= 0.3 is 0 Å². The van der Waals surface area contributed by atoms with Gasteiger partial charge in [0.15, 0.2) is 5.90 Å². The van der Waals surface area contributed by atoms with Crippen LogP contribution >= 0.6 is 11.8 Å². The van der Waals surface area contributed by atoms with Crippen LogP contribution in [-0.4, -0.2) is 18.5 Å². The molecule has 1 heterocycles. The summed E-state index contributed by atoms with van der Waals surface area (Å²) < 4.78 is 5.85. The second-order valence-electron chi connectivity index (χ2n) is 6.35. The Morgan fingerprint density at radius 2 is 1.90 bits per heavy atom. The van der Waals surface area contributed by atoms with E-state index in [1.807, 2.05) is 6.07 Å². The minimum atomic E-state index is 0.140. The van der Waals surface area contributed by atoms with Gasteiger partial charge < -0.3 is 4.74 Å². The zero-order valence-electron chi connectivity index (χ0n) is 12.7. The van der Waals surface area contributed by atoms with Crippen LogP contribution in [0, 0.1) is 35.8 Å². The van der Waals surface area contributed by atoms with Crippen LogP contribution in [0.25, 0.3) is 0 Å². The lowest BCUT2D eigenvalue weighted by Gasteiger charge is -2.22. The van der Waals surface area contributed by atoms with E-state index in [-0.39, 0.29) is 11.5 Å². The van der Waals surface area contributed by atoms with Crippen molar-refractivity contribution < 1.29 is 4.74 Å². The van der Waals surface area contributed by atoms with E-state index in [2.05, 4.69) is 64.3 Å². The summed E-state index contributed by atoms with van der Waals surface area (Å²) in [4.78, 5) is 6.02. The van der Waals surface area contributed by atoms with E-state index in [0.717, 1.165) is 11.8 Å². The van der Waals surface area contributed by atoms with Gasteiger partial charge in [-0.1, -0.05) is 39.0 Å². The molecule has 1 atom stereocenters. The maximum atomic E-state index is 5.85. The van der Waals surface area contributed by atoms with Crippen LogP contribution in [0.5, 0.6) is 0 Å². The minimum absolute atomic E-state index is 0.140. The maximum absolute atomic E-state index is 5.85. The third-order valence-corrected chi connectivity index (χ3v) is 4.71. The van der Waals surface area contributed by atoms with Gasteiger partial charge in [0, 0.05) is 4.90 Å². The smallest absolute Gasteiger partial charge is 0.193 e. The lowest BCUT2D eigenvalue weighted by atomic mass is 9.88. The van der Waals surface area contributed by atoms with Gasteiger partial charge in [0.25, 0.3) is 0 Å². The Balaban J connectivity index is 1.70. The molecule has 0 spiro atoms. The van der Waals surface area contributed by atoms with Crippen molar-refractivity contribution in [2.75, 3.05) is 6.61 Å². The van der Waals surface area contributed by atoms with Gasteiger partial charge in [-0.05, 0) is 36.8 Å². The molecular formula is C18H20NOS. The Morgan fingerprint density at radius 1 is 1.14 bits per heavy atom. The van der Waals surface area contributed by atoms with Crippen LogP contribution in [-0.2, 0) is 4.74 Å². The molecule has 3 rings (SSSR count). The molecule has 2 nitrogen and oxygen atoms in total. The predicted octanol–water partition coefficient (Wildman–Crippen LogP) is 4.36. The van der Waals surface area contributed by atoms with E-state index in [1.54, 1.807) is 11.8 Å². The molecule has 1 saturated carbocycles. The molecule has 5 radical (unpaired) electrons. The molecule has 1 aromatic carbocycles. The van der Waals surface area contributed by atoms with Crippen molar-refractivity contribution >= 4 is 17.7 Å². The van der Waals surface area contributed by atoms with Gasteiger partial charge in [0.1, 0.15) is 6.61 Å². The van der Waals surface area contributed by atoms with Crippen molar-refractivity contribution in [1.29, 1.82) is 0 Å². The Morgan fingerprint density at radius 3 is 2.57 bits per heavy atom. The highest BCUT2D eigenvalue weighted by atomic mass is 32.2. The van der Waals surface area contributed by atoms with Crippen LogP contribution < -0.4 is 0 Å². The molecule has 0 bridgehead atoms. The molecule has 0 amide bonds. The quantitative estimate of drug-likeness (QED) is 0.827. The zero-order chi connectivity index (χ0) is 14.9. The zero-order valence-corrected chi connectivity index (χ0v) is 13.5. The first-order chi connectivity index (χ1) is 10.0. The summed E-state index contributed by atoms with van der Waals surface area (Å²) in [5, 5.41) is 1.20. The average Bonchev–Trinajstić information content (AvgIpc) is 3.07. The lowest BCUT2D eigenvalue weighted by molar-refractivity contribution is 0.235. The molecule has 0 aromatic heterocycles. The third-order valence-electron chi connectivity index (χ3n) is 3.63. The monoisotopic (exact) mass is 298 g/mol. The normalized spacial score (nSPS) is 24.1. The van der Waals surface area contributed by atoms with Crippen molar-refractivity contribution in [3.8, 4) is 0 Å². The fourth-order valence-electron chi connectivity index (χ4n) is 2.25. The van der Waals surface area contributed by atoms with Crippen LogP contribution in [0.4, 0.5) is 0 Å². The number of thioether (sulfide) groups is 1. The number of hydrogen-bond acceptors (Lipinski definition) is 3. The summed E-state index contributed by atoms with van der Waals surface area (Å²) in [6, 6.07) is 10.6.